The first kappa shape index (κ1) is 24.9. The van der Waals surface area contributed by atoms with Crippen LogP contribution in [0.4, 0.5) is 4.39 Å². The Morgan fingerprint density at radius 1 is 1.17 bits per heavy atom. The van der Waals surface area contributed by atoms with Crippen molar-refractivity contribution in [1.82, 2.24) is 9.21 Å². The standard InChI is InChI=1S/C27H29FN2O4S2/c1-19-5-9-23(10-6-19)36(32,33)29(16-20-7-8-20)17-27(31)30-13-11-26-24(12-14-35-26)25(30)18-34-22-4-2-3-21(28)15-22/h2-6,9-10,12,14-15,20,25H,7-8,11,13,16-18H2,1H3. The van der Waals surface area contributed by atoms with E-state index < -0.39 is 15.8 Å². The quantitative estimate of drug-likeness (QED) is 0.400. The zero-order valence-corrected chi connectivity index (χ0v) is 21.7. The lowest BCUT2D eigenvalue weighted by Gasteiger charge is -2.37. The van der Waals surface area contributed by atoms with Gasteiger partial charge >= 0.3 is 0 Å². The van der Waals surface area contributed by atoms with Crippen molar-refractivity contribution >= 4 is 27.3 Å². The van der Waals surface area contributed by atoms with Gasteiger partial charge in [0, 0.05) is 24.0 Å². The van der Waals surface area contributed by atoms with E-state index in [1.54, 1.807) is 52.6 Å². The summed E-state index contributed by atoms with van der Waals surface area (Å²) < 4.78 is 47.9. The molecule has 0 saturated heterocycles. The summed E-state index contributed by atoms with van der Waals surface area (Å²) in [4.78, 5) is 16.8. The molecule has 1 aromatic heterocycles. The summed E-state index contributed by atoms with van der Waals surface area (Å²) in [6, 6.07) is 14.3. The predicted molar refractivity (Wildman–Crippen MR) is 137 cm³/mol. The Balaban J connectivity index is 1.37. The van der Waals surface area contributed by atoms with Gasteiger partial charge in [-0.05, 0) is 73.4 Å². The fourth-order valence-electron chi connectivity index (χ4n) is 4.54. The molecule has 2 aliphatic rings. The van der Waals surface area contributed by atoms with E-state index >= 15 is 0 Å². The summed E-state index contributed by atoms with van der Waals surface area (Å²) in [5, 5.41) is 2.00. The van der Waals surface area contributed by atoms with Crippen molar-refractivity contribution in [3.63, 3.8) is 0 Å². The van der Waals surface area contributed by atoms with Gasteiger partial charge < -0.3 is 9.64 Å². The Hall–Kier alpha value is -2.75. The summed E-state index contributed by atoms with van der Waals surface area (Å²) in [7, 11) is -3.82. The number of thiophene rings is 1. The number of hydrogen-bond donors (Lipinski definition) is 0. The van der Waals surface area contributed by atoms with Crippen molar-refractivity contribution < 1.29 is 22.3 Å². The van der Waals surface area contributed by atoms with E-state index in [4.69, 9.17) is 4.74 Å². The molecule has 2 aromatic carbocycles. The van der Waals surface area contributed by atoms with Crippen LogP contribution in [0, 0.1) is 18.7 Å². The molecule has 36 heavy (non-hydrogen) atoms. The number of sulfonamides is 1. The zero-order chi connectivity index (χ0) is 25.3. The number of aryl methyl sites for hydroxylation is 1. The highest BCUT2D eigenvalue weighted by atomic mass is 32.2. The average Bonchev–Trinajstić information content (AvgIpc) is 3.55. The third-order valence-electron chi connectivity index (χ3n) is 6.75. The highest BCUT2D eigenvalue weighted by Crippen LogP contribution is 2.35. The van der Waals surface area contributed by atoms with Crippen LogP contribution in [0.2, 0.25) is 0 Å². The molecular weight excluding hydrogens is 499 g/mol. The maximum absolute atomic E-state index is 13.7. The van der Waals surface area contributed by atoms with Crippen LogP contribution in [0.3, 0.4) is 0 Å². The van der Waals surface area contributed by atoms with Crippen LogP contribution in [0.5, 0.6) is 5.75 Å². The van der Waals surface area contributed by atoms with Crippen molar-refractivity contribution in [1.29, 1.82) is 0 Å². The Morgan fingerprint density at radius 2 is 1.94 bits per heavy atom. The number of nitrogens with zero attached hydrogens (tertiary/aromatic N) is 2. The summed E-state index contributed by atoms with van der Waals surface area (Å²) >= 11 is 1.64. The molecular formula is C27H29FN2O4S2. The summed E-state index contributed by atoms with van der Waals surface area (Å²) in [5.74, 6) is 0.0328. The molecule has 1 aliphatic carbocycles. The molecule has 0 radical (unpaired) electrons. The van der Waals surface area contributed by atoms with Gasteiger partial charge in [-0.2, -0.15) is 4.31 Å². The van der Waals surface area contributed by atoms with Gasteiger partial charge in [-0.25, -0.2) is 12.8 Å². The Labute approximate surface area is 215 Å². The SMILES string of the molecule is Cc1ccc(S(=O)(=O)N(CC(=O)N2CCc3sccc3C2COc2cccc(F)c2)CC2CC2)cc1. The first-order valence-electron chi connectivity index (χ1n) is 12.1. The van der Waals surface area contributed by atoms with Gasteiger partial charge in [0.15, 0.2) is 0 Å². The smallest absolute Gasteiger partial charge is 0.243 e. The second-order valence-corrected chi connectivity index (χ2v) is 12.4. The van der Waals surface area contributed by atoms with Crippen LogP contribution in [0.25, 0.3) is 0 Å². The third-order valence-corrected chi connectivity index (χ3v) is 9.57. The minimum Gasteiger partial charge on any atom is -0.491 e. The minimum absolute atomic E-state index is 0.159. The van der Waals surface area contributed by atoms with Gasteiger partial charge in [-0.3, -0.25) is 4.79 Å². The first-order chi connectivity index (χ1) is 17.3. The third kappa shape index (κ3) is 5.48. The Kier molecular flexibility index (Phi) is 7.14. The molecule has 0 bridgehead atoms. The van der Waals surface area contributed by atoms with Crippen LogP contribution in [0.15, 0.2) is 64.9 Å². The number of halogens is 1. The highest BCUT2D eigenvalue weighted by Gasteiger charge is 2.37. The minimum atomic E-state index is -3.82. The van der Waals surface area contributed by atoms with E-state index in [2.05, 4.69) is 0 Å². The summed E-state index contributed by atoms with van der Waals surface area (Å²) in [6.07, 6.45) is 2.66. The predicted octanol–water partition coefficient (Wildman–Crippen LogP) is 4.80. The van der Waals surface area contributed by atoms with Gasteiger partial charge in [0.05, 0.1) is 17.5 Å². The van der Waals surface area contributed by atoms with E-state index in [0.717, 1.165) is 24.0 Å². The number of rotatable bonds is 9. The molecule has 190 valence electrons. The van der Waals surface area contributed by atoms with Crippen LogP contribution >= 0.6 is 11.3 Å². The van der Waals surface area contributed by atoms with Gasteiger partial charge in [0.1, 0.15) is 18.2 Å². The number of hydrogen-bond acceptors (Lipinski definition) is 5. The van der Waals surface area contributed by atoms with E-state index in [1.807, 2.05) is 18.4 Å². The lowest BCUT2D eigenvalue weighted by molar-refractivity contribution is -0.135. The second kappa shape index (κ2) is 10.3. The van der Waals surface area contributed by atoms with E-state index in [1.165, 1.54) is 21.3 Å². The van der Waals surface area contributed by atoms with Gasteiger partial charge in [-0.15, -0.1) is 11.3 Å². The van der Waals surface area contributed by atoms with Crippen molar-refractivity contribution in [3.8, 4) is 5.75 Å². The molecule has 1 saturated carbocycles. The van der Waals surface area contributed by atoms with E-state index in [0.29, 0.717) is 25.3 Å². The van der Waals surface area contributed by atoms with Gasteiger partial charge in [0.25, 0.3) is 0 Å². The number of carbonyl (C=O) groups is 1. The average molecular weight is 529 g/mol. The number of amides is 1. The molecule has 2 heterocycles. The van der Waals surface area contributed by atoms with Gasteiger partial charge in [-0.1, -0.05) is 23.8 Å². The van der Waals surface area contributed by atoms with Gasteiger partial charge in [0.2, 0.25) is 15.9 Å². The van der Waals surface area contributed by atoms with Crippen molar-refractivity contribution in [3.05, 3.63) is 81.8 Å². The Bertz CT molecular complexity index is 1340. The molecule has 1 atom stereocenters. The topological polar surface area (TPSA) is 66.9 Å². The molecule has 3 aromatic rings. The maximum atomic E-state index is 13.7. The lowest BCUT2D eigenvalue weighted by Crippen LogP contribution is -2.48. The molecule has 1 amide bonds. The van der Waals surface area contributed by atoms with Crippen molar-refractivity contribution in [2.45, 2.75) is 37.1 Å². The number of fused-ring (bicyclic) bond motifs is 1. The number of benzene rings is 2. The molecule has 1 unspecified atom stereocenters. The van der Waals surface area contributed by atoms with Crippen LogP contribution in [0.1, 0.15) is 34.9 Å². The van der Waals surface area contributed by atoms with E-state index in [-0.39, 0.29) is 35.9 Å². The molecule has 1 fully saturated rings. The normalized spacial score (nSPS) is 17.8. The first-order valence-corrected chi connectivity index (χ1v) is 14.4. The molecule has 0 spiro atoms. The van der Waals surface area contributed by atoms with Crippen LogP contribution in [-0.4, -0.2) is 49.8 Å². The van der Waals surface area contributed by atoms with Crippen molar-refractivity contribution in [2.24, 2.45) is 5.92 Å². The van der Waals surface area contributed by atoms with Crippen LogP contribution < -0.4 is 4.74 Å². The fraction of sp³-hybridized carbons (Fsp3) is 0.370. The Morgan fingerprint density at radius 3 is 2.67 bits per heavy atom. The molecule has 9 heteroatoms. The zero-order valence-electron chi connectivity index (χ0n) is 20.1. The second-order valence-electron chi connectivity index (χ2n) is 9.47. The van der Waals surface area contributed by atoms with Crippen molar-refractivity contribution in [2.75, 3.05) is 26.2 Å². The summed E-state index contributed by atoms with van der Waals surface area (Å²) in [6.45, 7) is 2.66. The highest BCUT2D eigenvalue weighted by molar-refractivity contribution is 7.89. The van der Waals surface area contributed by atoms with Crippen LogP contribution in [-0.2, 0) is 21.2 Å². The lowest BCUT2D eigenvalue weighted by atomic mass is 10.0. The number of carbonyl (C=O) groups excluding carboxylic acids is 1. The molecule has 1 aliphatic heterocycles. The molecule has 6 nitrogen and oxygen atoms in total. The molecule has 5 rings (SSSR count). The summed E-state index contributed by atoms with van der Waals surface area (Å²) in [5.41, 5.74) is 1.98. The monoisotopic (exact) mass is 528 g/mol. The van der Waals surface area contributed by atoms with E-state index in [9.17, 15) is 17.6 Å². The molecule has 0 N–H and O–H groups in total. The number of ether oxygens (including phenoxy) is 1. The maximum Gasteiger partial charge on any atom is 0.243 e. The fourth-order valence-corrected chi connectivity index (χ4v) is 6.94. The largest absolute Gasteiger partial charge is 0.491 e.